The predicted octanol–water partition coefficient (Wildman–Crippen LogP) is 4.98. The van der Waals surface area contributed by atoms with E-state index in [2.05, 4.69) is 21.7 Å². The van der Waals surface area contributed by atoms with Gasteiger partial charge in [-0.25, -0.2) is 0 Å². The number of amides is 2. The summed E-state index contributed by atoms with van der Waals surface area (Å²) in [6.07, 6.45) is 2.72. The number of nitrogens with zero attached hydrogens (tertiary/aromatic N) is 3. The van der Waals surface area contributed by atoms with Crippen LogP contribution in [0.2, 0.25) is 0 Å². The van der Waals surface area contributed by atoms with E-state index in [1.54, 1.807) is 42.5 Å². The molecule has 2 N–H and O–H groups in total. The third-order valence-corrected chi connectivity index (χ3v) is 6.60. The summed E-state index contributed by atoms with van der Waals surface area (Å²) in [6.45, 7) is 1.10. The van der Waals surface area contributed by atoms with Crippen molar-refractivity contribution < 1.29 is 18.4 Å². The Kier molecular flexibility index (Phi) is 6.32. The van der Waals surface area contributed by atoms with Crippen LogP contribution in [0.1, 0.15) is 28.2 Å². The number of nitrogens with one attached hydrogen (secondary N) is 2. The minimum Gasteiger partial charge on any atom is -0.459 e. The molecule has 1 saturated heterocycles. The van der Waals surface area contributed by atoms with Crippen molar-refractivity contribution in [1.82, 2.24) is 4.98 Å². The van der Waals surface area contributed by atoms with Gasteiger partial charge in [-0.2, -0.15) is 10.2 Å². The third-order valence-electron chi connectivity index (χ3n) is 5.73. The van der Waals surface area contributed by atoms with Gasteiger partial charge < -0.3 is 24.4 Å². The number of aromatic nitrogens is 1. The number of carbonyl (C=O) groups excluding carboxylic acids is 2. The number of benzene rings is 1. The summed E-state index contributed by atoms with van der Waals surface area (Å²) in [5.41, 5.74) is 1.42. The Balaban J connectivity index is 1.19. The second kappa shape index (κ2) is 9.87. The van der Waals surface area contributed by atoms with Gasteiger partial charge in [-0.3, -0.25) is 9.59 Å². The van der Waals surface area contributed by atoms with Gasteiger partial charge in [0, 0.05) is 30.4 Å². The van der Waals surface area contributed by atoms with E-state index in [0.29, 0.717) is 53.8 Å². The molecule has 0 radical (unpaired) electrons. The van der Waals surface area contributed by atoms with E-state index >= 15 is 0 Å². The monoisotopic (exact) mass is 487 g/mol. The Hall–Kier alpha value is -4.36. The van der Waals surface area contributed by atoms with Crippen molar-refractivity contribution in [3.63, 3.8) is 0 Å². The molecule has 4 aromatic rings. The lowest BCUT2D eigenvalue weighted by Crippen LogP contribution is -2.38. The van der Waals surface area contributed by atoms with E-state index in [4.69, 9.17) is 8.83 Å². The Morgan fingerprint density at radius 1 is 1.09 bits per heavy atom. The van der Waals surface area contributed by atoms with Crippen LogP contribution >= 0.6 is 11.3 Å². The number of carbonyl (C=O) groups is 2. The molecule has 2 amide bonds. The zero-order valence-corrected chi connectivity index (χ0v) is 19.4. The summed E-state index contributed by atoms with van der Waals surface area (Å²) >= 11 is 1.37. The quantitative estimate of drug-likeness (QED) is 0.393. The van der Waals surface area contributed by atoms with Crippen LogP contribution in [0, 0.1) is 17.2 Å². The average Bonchev–Trinajstić information content (AvgIpc) is 3.66. The van der Waals surface area contributed by atoms with E-state index in [1.807, 2.05) is 16.3 Å². The average molecular weight is 488 g/mol. The third kappa shape index (κ3) is 4.95. The SMILES string of the molecule is N#Cc1nc(-c2ccco2)oc1N1CCC(C(=O)Nc2cccc(NC(=O)c3cccs3)c2)CC1. The molecule has 0 atom stereocenters. The van der Waals surface area contributed by atoms with Crippen LogP contribution in [-0.2, 0) is 4.79 Å². The van der Waals surface area contributed by atoms with Crippen molar-refractivity contribution in [3.8, 4) is 17.7 Å². The lowest BCUT2D eigenvalue weighted by molar-refractivity contribution is -0.120. The van der Waals surface area contributed by atoms with Gasteiger partial charge in [-0.15, -0.1) is 11.3 Å². The zero-order chi connectivity index (χ0) is 24.2. The molecule has 1 aliphatic rings. The topological polar surface area (TPSA) is 124 Å². The maximum Gasteiger partial charge on any atom is 0.266 e. The molecule has 5 rings (SSSR count). The molecule has 0 spiro atoms. The van der Waals surface area contributed by atoms with Gasteiger partial charge in [-0.05, 0) is 54.6 Å². The number of hydrogen-bond acceptors (Lipinski definition) is 8. The van der Waals surface area contributed by atoms with Gasteiger partial charge in [0.15, 0.2) is 5.76 Å². The van der Waals surface area contributed by atoms with Gasteiger partial charge in [0.05, 0.1) is 11.1 Å². The first-order valence-electron chi connectivity index (χ1n) is 11.1. The first-order chi connectivity index (χ1) is 17.1. The van der Waals surface area contributed by atoms with Crippen LogP contribution in [0.3, 0.4) is 0 Å². The Morgan fingerprint density at radius 3 is 2.57 bits per heavy atom. The minimum atomic E-state index is -0.186. The number of nitriles is 1. The number of hydrogen-bond donors (Lipinski definition) is 2. The maximum atomic E-state index is 12.9. The second-order valence-electron chi connectivity index (χ2n) is 8.02. The smallest absolute Gasteiger partial charge is 0.266 e. The summed E-state index contributed by atoms with van der Waals surface area (Å²) in [4.78, 5) is 32.0. The van der Waals surface area contributed by atoms with Crippen LogP contribution in [0.15, 0.2) is 69.0 Å². The van der Waals surface area contributed by atoms with E-state index in [0.717, 1.165) is 0 Å². The highest BCUT2D eigenvalue weighted by atomic mass is 32.1. The fourth-order valence-corrected chi connectivity index (χ4v) is 4.59. The lowest BCUT2D eigenvalue weighted by atomic mass is 9.96. The molecule has 9 nitrogen and oxygen atoms in total. The highest BCUT2D eigenvalue weighted by molar-refractivity contribution is 7.12. The molecule has 176 valence electrons. The normalized spacial score (nSPS) is 13.9. The summed E-state index contributed by atoms with van der Waals surface area (Å²) < 4.78 is 11.1. The molecule has 0 bridgehead atoms. The van der Waals surface area contributed by atoms with Crippen molar-refractivity contribution in [3.05, 3.63) is 70.7 Å². The highest BCUT2D eigenvalue weighted by Gasteiger charge is 2.29. The largest absolute Gasteiger partial charge is 0.459 e. The number of thiophene rings is 1. The molecule has 1 aromatic carbocycles. The van der Waals surface area contributed by atoms with Crippen LogP contribution < -0.4 is 15.5 Å². The Labute approximate surface area is 205 Å². The standard InChI is InChI=1S/C25H21N5O4S/c26-15-19-25(34-24(29-19)20-6-2-12-33-20)30-10-8-16(9-11-30)22(31)27-17-4-1-5-18(14-17)28-23(32)21-7-3-13-35-21/h1-7,12-14,16H,8-11H2,(H,27,31)(H,28,32). The zero-order valence-electron chi connectivity index (χ0n) is 18.6. The fraction of sp³-hybridized carbons (Fsp3) is 0.200. The second-order valence-corrected chi connectivity index (χ2v) is 8.97. The minimum absolute atomic E-state index is 0.0827. The van der Waals surface area contributed by atoms with Crippen LogP contribution in [-0.4, -0.2) is 29.9 Å². The van der Waals surface area contributed by atoms with Gasteiger partial charge in [0.25, 0.3) is 11.8 Å². The molecule has 0 aliphatic carbocycles. The molecule has 1 aliphatic heterocycles. The summed E-state index contributed by atoms with van der Waals surface area (Å²) in [5.74, 6) is 0.653. The van der Waals surface area contributed by atoms with Gasteiger partial charge in [0.1, 0.15) is 6.07 Å². The lowest BCUT2D eigenvalue weighted by Gasteiger charge is -2.31. The van der Waals surface area contributed by atoms with Gasteiger partial charge in [0.2, 0.25) is 17.5 Å². The molecule has 0 unspecified atom stereocenters. The molecular formula is C25H21N5O4S. The maximum absolute atomic E-state index is 12.9. The van der Waals surface area contributed by atoms with Gasteiger partial charge >= 0.3 is 0 Å². The first kappa shape index (κ1) is 22.4. The predicted molar refractivity (Wildman–Crippen MR) is 131 cm³/mol. The molecule has 0 saturated carbocycles. The Bertz CT molecular complexity index is 1360. The number of furan rings is 1. The summed E-state index contributed by atoms with van der Waals surface area (Å²) in [7, 11) is 0. The number of oxazole rings is 1. The van der Waals surface area contributed by atoms with E-state index < -0.39 is 0 Å². The molecule has 35 heavy (non-hydrogen) atoms. The Morgan fingerprint density at radius 2 is 1.89 bits per heavy atom. The molecule has 4 heterocycles. The fourth-order valence-electron chi connectivity index (χ4n) is 3.97. The summed E-state index contributed by atoms with van der Waals surface area (Å²) in [6, 6.07) is 16.2. The van der Waals surface area contributed by atoms with Crippen LogP contribution in [0.4, 0.5) is 17.3 Å². The molecule has 3 aromatic heterocycles. The number of piperidine rings is 1. The number of rotatable bonds is 6. The van der Waals surface area contributed by atoms with Gasteiger partial charge in [-0.1, -0.05) is 12.1 Å². The van der Waals surface area contributed by atoms with Crippen molar-refractivity contribution in [2.45, 2.75) is 12.8 Å². The van der Waals surface area contributed by atoms with Crippen LogP contribution in [0.25, 0.3) is 11.7 Å². The molecule has 1 fully saturated rings. The van der Waals surface area contributed by atoms with E-state index in [-0.39, 0.29) is 29.3 Å². The van der Waals surface area contributed by atoms with Crippen molar-refractivity contribution in [1.29, 1.82) is 5.26 Å². The summed E-state index contributed by atoms with van der Waals surface area (Å²) in [5, 5.41) is 17.1. The first-order valence-corrected chi connectivity index (χ1v) is 11.9. The highest BCUT2D eigenvalue weighted by Crippen LogP contribution is 2.31. The molecular weight excluding hydrogens is 466 g/mol. The van der Waals surface area contributed by atoms with Crippen molar-refractivity contribution >= 4 is 40.4 Å². The van der Waals surface area contributed by atoms with E-state index in [9.17, 15) is 14.9 Å². The van der Waals surface area contributed by atoms with E-state index in [1.165, 1.54) is 17.6 Å². The van der Waals surface area contributed by atoms with Crippen LogP contribution in [0.5, 0.6) is 0 Å². The van der Waals surface area contributed by atoms with Crippen molar-refractivity contribution in [2.24, 2.45) is 5.92 Å². The number of anilines is 3. The van der Waals surface area contributed by atoms with Crippen molar-refractivity contribution in [2.75, 3.05) is 28.6 Å². The molecule has 10 heteroatoms.